The van der Waals surface area contributed by atoms with E-state index < -0.39 is 10.0 Å². The molecule has 0 aromatic heterocycles. The van der Waals surface area contributed by atoms with E-state index in [2.05, 4.69) is 6.92 Å². The first-order chi connectivity index (χ1) is 9.52. The molecule has 5 heteroatoms. The second kappa shape index (κ2) is 5.13. The minimum absolute atomic E-state index is 0.143. The predicted octanol–water partition coefficient (Wildman–Crippen LogP) is 1.64. The first-order valence-electron chi connectivity index (χ1n) is 7.29. The Hall–Kier alpha value is -0.910. The van der Waals surface area contributed by atoms with Crippen molar-refractivity contribution < 1.29 is 13.5 Å². The van der Waals surface area contributed by atoms with Crippen LogP contribution >= 0.6 is 0 Å². The van der Waals surface area contributed by atoms with Crippen LogP contribution in [0.2, 0.25) is 0 Å². The predicted molar refractivity (Wildman–Crippen MR) is 76.8 cm³/mol. The van der Waals surface area contributed by atoms with E-state index in [1.807, 2.05) is 12.1 Å². The van der Waals surface area contributed by atoms with Gasteiger partial charge in [-0.15, -0.1) is 0 Å². The number of rotatable bonds is 4. The molecule has 0 unspecified atom stereocenters. The molecule has 110 valence electrons. The second-order valence-electron chi connectivity index (χ2n) is 5.94. The zero-order valence-corrected chi connectivity index (χ0v) is 12.5. The molecule has 1 aliphatic heterocycles. The molecule has 1 aromatic carbocycles. The van der Waals surface area contributed by atoms with Crippen LogP contribution < -0.4 is 0 Å². The zero-order valence-electron chi connectivity index (χ0n) is 11.7. The van der Waals surface area contributed by atoms with Gasteiger partial charge in [0, 0.05) is 19.0 Å². The maximum Gasteiger partial charge on any atom is 0.243 e. The van der Waals surface area contributed by atoms with Crippen molar-refractivity contribution in [1.29, 1.82) is 0 Å². The van der Waals surface area contributed by atoms with Gasteiger partial charge in [0.15, 0.2) is 0 Å². The minimum Gasteiger partial charge on any atom is -0.393 e. The maximum absolute atomic E-state index is 12.6. The van der Waals surface area contributed by atoms with Gasteiger partial charge in [0.1, 0.15) is 0 Å². The van der Waals surface area contributed by atoms with E-state index in [4.69, 9.17) is 0 Å². The molecule has 3 rings (SSSR count). The first-order valence-corrected chi connectivity index (χ1v) is 8.73. The molecule has 1 saturated heterocycles. The Balaban J connectivity index is 1.78. The molecule has 3 atom stereocenters. The summed E-state index contributed by atoms with van der Waals surface area (Å²) in [4.78, 5) is 0.369. The topological polar surface area (TPSA) is 57.6 Å². The number of benzene rings is 1. The summed E-state index contributed by atoms with van der Waals surface area (Å²) < 4.78 is 26.7. The van der Waals surface area contributed by atoms with Gasteiger partial charge in [0.2, 0.25) is 10.0 Å². The van der Waals surface area contributed by atoms with Gasteiger partial charge in [-0.3, -0.25) is 0 Å². The average Bonchev–Trinajstić information content (AvgIpc) is 2.78. The summed E-state index contributed by atoms with van der Waals surface area (Å²) in [6, 6.07) is 7.21. The van der Waals surface area contributed by atoms with E-state index in [9.17, 15) is 13.5 Å². The minimum atomic E-state index is -3.40. The second-order valence-corrected chi connectivity index (χ2v) is 7.88. The molecule has 20 heavy (non-hydrogen) atoms. The molecule has 0 amide bonds. The van der Waals surface area contributed by atoms with Gasteiger partial charge in [0.25, 0.3) is 0 Å². The van der Waals surface area contributed by atoms with E-state index in [1.54, 1.807) is 12.1 Å². The Morgan fingerprint density at radius 2 is 1.95 bits per heavy atom. The lowest BCUT2D eigenvalue weighted by Crippen LogP contribution is -2.39. The molecular weight excluding hydrogens is 274 g/mol. The fraction of sp³-hybridized carbons (Fsp3) is 0.600. The number of sulfonamides is 1. The number of aryl methyl sites for hydroxylation is 1. The summed E-state index contributed by atoms with van der Waals surface area (Å²) in [7, 11) is -3.40. The number of hydrogen-bond acceptors (Lipinski definition) is 3. The Kier molecular flexibility index (Phi) is 3.60. The van der Waals surface area contributed by atoms with Gasteiger partial charge in [-0.05, 0) is 36.5 Å². The zero-order chi connectivity index (χ0) is 14.3. The van der Waals surface area contributed by atoms with Crippen molar-refractivity contribution >= 4 is 10.0 Å². The molecule has 4 nitrogen and oxygen atoms in total. The summed E-state index contributed by atoms with van der Waals surface area (Å²) >= 11 is 0. The molecule has 1 N–H and O–H groups in total. The molecule has 2 fully saturated rings. The van der Waals surface area contributed by atoms with Crippen LogP contribution in [-0.4, -0.2) is 37.0 Å². The van der Waals surface area contributed by atoms with Crippen molar-refractivity contribution in [3.8, 4) is 0 Å². The van der Waals surface area contributed by atoms with Crippen LogP contribution in [0, 0.1) is 11.8 Å². The summed E-state index contributed by atoms with van der Waals surface area (Å²) in [6.45, 7) is 3.13. The van der Waals surface area contributed by atoms with Crippen molar-refractivity contribution in [3.63, 3.8) is 0 Å². The normalized spacial score (nSPS) is 30.0. The van der Waals surface area contributed by atoms with Crippen LogP contribution in [0.5, 0.6) is 0 Å². The summed E-state index contributed by atoms with van der Waals surface area (Å²) in [5, 5.41) is 9.65. The number of aliphatic hydroxyl groups is 1. The summed E-state index contributed by atoms with van der Waals surface area (Å²) in [5.41, 5.74) is 1.17. The lowest BCUT2D eigenvalue weighted by Gasteiger charge is -2.34. The molecule has 0 radical (unpaired) electrons. The van der Waals surface area contributed by atoms with Crippen molar-refractivity contribution in [2.24, 2.45) is 11.8 Å². The van der Waals surface area contributed by atoms with Gasteiger partial charge in [0.05, 0.1) is 11.0 Å². The highest BCUT2D eigenvalue weighted by Gasteiger charge is 2.49. The highest BCUT2D eigenvalue weighted by Crippen LogP contribution is 2.42. The third-order valence-corrected chi connectivity index (χ3v) is 6.44. The van der Waals surface area contributed by atoms with Gasteiger partial charge in [-0.1, -0.05) is 25.5 Å². The van der Waals surface area contributed by atoms with Crippen molar-refractivity contribution in [3.05, 3.63) is 29.8 Å². The van der Waals surface area contributed by atoms with E-state index in [0.717, 1.165) is 19.3 Å². The Labute approximate surface area is 120 Å². The lowest BCUT2D eigenvalue weighted by atomic mass is 9.74. The monoisotopic (exact) mass is 295 g/mol. The highest BCUT2D eigenvalue weighted by molar-refractivity contribution is 7.89. The SMILES string of the molecule is CCCc1ccc(S(=O)(=O)N2C[C@H]3C[C@@H](O)[C@H]3C2)cc1. The third-order valence-electron chi connectivity index (χ3n) is 4.60. The molecule has 1 heterocycles. The van der Waals surface area contributed by atoms with Gasteiger partial charge in [-0.2, -0.15) is 4.31 Å². The molecule has 1 aromatic rings. The standard InChI is InChI=1S/C15H21NO3S/c1-2-3-11-4-6-13(7-5-11)20(18,19)16-9-12-8-15(17)14(12)10-16/h4-7,12,14-15,17H,2-3,8-10H2,1H3/t12-,14+,15-/m1/s1. The highest BCUT2D eigenvalue weighted by atomic mass is 32.2. The molecule has 2 aliphatic rings. The number of hydrogen-bond donors (Lipinski definition) is 1. The molecule has 1 aliphatic carbocycles. The van der Waals surface area contributed by atoms with Crippen LogP contribution in [0.1, 0.15) is 25.3 Å². The quantitative estimate of drug-likeness (QED) is 0.918. The molecule has 0 spiro atoms. The van der Waals surface area contributed by atoms with E-state index in [0.29, 0.717) is 23.9 Å². The number of aliphatic hydroxyl groups excluding tert-OH is 1. The molecular formula is C15H21NO3S. The fourth-order valence-corrected chi connectivity index (χ4v) is 4.83. The van der Waals surface area contributed by atoms with E-state index in [1.165, 1.54) is 9.87 Å². The summed E-state index contributed by atoms with van der Waals surface area (Å²) in [5.74, 6) is 0.489. The van der Waals surface area contributed by atoms with Gasteiger partial charge < -0.3 is 5.11 Å². The fourth-order valence-electron chi connectivity index (χ4n) is 3.29. The van der Waals surface area contributed by atoms with Crippen molar-refractivity contribution in [2.75, 3.05) is 13.1 Å². The van der Waals surface area contributed by atoms with Crippen molar-refractivity contribution in [1.82, 2.24) is 4.31 Å². The smallest absolute Gasteiger partial charge is 0.243 e. The maximum atomic E-state index is 12.6. The van der Waals surface area contributed by atoms with Crippen LogP contribution in [-0.2, 0) is 16.4 Å². The average molecular weight is 295 g/mol. The summed E-state index contributed by atoms with van der Waals surface area (Å²) in [6.07, 6.45) is 2.46. The van der Waals surface area contributed by atoms with E-state index >= 15 is 0 Å². The Bertz CT molecular complexity index is 582. The molecule has 1 saturated carbocycles. The largest absolute Gasteiger partial charge is 0.393 e. The number of nitrogens with zero attached hydrogens (tertiary/aromatic N) is 1. The Morgan fingerprint density at radius 3 is 2.50 bits per heavy atom. The number of fused-ring (bicyclic) bond motifs is 1. The van der Waals surface area contributed by atoms with Crippen LogP contribution in [0.4, 0.5) is 0 Å². The molecule has 0 bridgehead atoms. The van der Waals surface area contributed by atoms with Gasteiger partial charge >= 0.3 is 0 Å². The Morgan fingerprint density at radius 1 is 1.25 bits per heavy atom. The van der Waals surface area contributed by atoms with Crippen LogP contribution in [0.15, 0.2) is 29.2 Å². The first kappa shape index (κ1) is 14.0. The van der Waals surface area contributed by atoms with E-state index in [-0.39, 0.29) is 12.0 Å². The lowest BCUT2D eigenvalue weighted by molar-refractivity contribution is -0.00416. The van der Waals surface area contributed by atoms with Crippen molar-refractivity contribution in [2.45, 2.75) is 37.2 Å². The van der Waals surface area contributed by atoms with Gasteiger partial charge in [-0.25, -0.2) is 8.42 Å². The van der Waals surface area contributed by atoms with Crippen LogP contribution in [0.25, 0.3) is 0 Å². The third kappa shape index (κ3) is 2.28. The van der Waals surface area contributed by atoms with Crippen LogP contribution in [0.3, 0.4) is 0 Å².